The number of halogens is 1. The van der Waals surface area contributed by atoms with Gasteiger partial charge in [0, 0.05) is 5.02 Å². The topological polar surface area (TPSA) is 77.8 Å². The van der Waals surface area contributed by atoms with Crippen molar-refractivity contribution in [2.75, 3.05) is 6.61 Å². The van der Waals surface area contributed by atoms with Gasteiger partial charge in [0.05, 0.1) is 17.8 Å². The molecule has 0 atom stereocenters. The van der Waals surface area contributed by atoms with Gasteiger partial charge in [0.1, 0.15) is 0 Å². The van der Waals surface area contributed by atoms with Crippen LogP contribution in [0.25, 0.3) is 0 Å². The lowest BCUT2D eigenvalue weighted by atomic mass is 10.2. The maximum atomic E-state index is 10.3. The van der Waals surface area contributed by atoms with E-state index in [1.807, 2.05) is 0 Å². The van der Waals surface area contributed by atoms with Gasteiger partial charge in [-0.05, 0) is 32.0 Å². The Hall–Kier alpha value is -1.10. The summed E-state index contributed by atoms with van der Waals surface area (Å²) in [4.78, 5) is 10.3. The number of aromatic carboxylic acids is 1. The van der Waals surface area contributed by atoms with Crippen LogP contribution in [0.4, 0.5) is 0 Å². The predicted molar refractivity (Wildman–Crippen MR) is 61.8 cm³/mol. The summed E-state index contributed by atoms with van der Waals surface area (Å²) >= 11 is 5.53. The van der Waals surface area contributed by atoms with E-state index in [2.05, 4.69) is 0 Å². The van der Waals surface area contributed by atoms with Gasteiger partial charge in [-0.15, -0.1) is 0 Å². The molecule has 0 saturated carbocycles. The monoisotopic (exact) mass is 246 g/mol. The van der Waals surface area contributed by atoms with Crippen LogP contribution in [0.2, 0.25) is 5.02 Å². The molecule has 0 aliphatic heterocycles. The minimum Gasteiger partial charge on any atom is -0.478 e. The number of benzene rings is 1. The summed E-state index contributed by atoms with van der Waals surface area (Å²) in [6.07, 6.45) is 0. The maximum absolute atomic E-state index is 10.3. The summed E-state index contributed by atoms with van der Waals surface area (Å²) in [6.45, 7) is 2.92. The van der Waals surface area contributed by atoms with E-state index in [4.69, 9.17) is 26.9 Å². The van der Waals surface area contributed by atoms with E-state index in [9.17, 15) is 4.79 Å². The van der Waals surface area contributed by atoms with E-state index in [0.29, 0.717) is 5.02 Å². The van der Waals surface area contributed by atoms with Crippen molar-refractivity contribution in [2.45, 2.75) is 19.4 Å². The Labute approximate surface area is 99.1 Å². The van der Waals surface area contributed by atoms with Crippen LogP contribution in [0.3, 0.4) is 0 Å². The Bertz CT molecular complexity index is 344. The number of rotatable bonds is 2. The molecule has 3 N–H and O–H groups in total. The zero-order chi connectivity index (χ0) is 12.8. The molecule has 1 aromatic carbocycles. The highest BCUT2D eigenvalue weighted by atomic mass is 35.5. The number of aliphatic hydroxyl groups excluding tert-OH is 1. The molecule has 4 nitrogen and oxygen atoms in total. The highest BCUT2D eigenvalue weighted by molar-refractivity contribution is 6.30. The molecule has 1 aromatic rings. The third-order valence-corrected chi connectivity index (χ3v) is 1.69. The zero-order valence-electron chi connectivity index (χ0n) is 9.14. The van der Waals surface area contributed by atoms with Gasteiger partial charge in [-0.25, -0.2) is 4.79 Å². The van der Waals surface area contributed by atoms with Gasteiger partial charge in [-0.2, -0.15) is 0 Å². The van der Waals surface area contributed by atoms with Crippen LogP contribution < -0.4 is 0 Å². The Morgan fingerprint density at radius 1 is 1.44 bits per heavy atom. The molecule has 0 radical (unpaired) electrons. The Morgan fingerprint density at radius 3 is 2.19 bits per heavy atom. The highest BCUT2D eigenvalue weighted by Crippen LogP contribution is 2.09. The van der Waals surface area contributed by atoms with E-state index in [-0.39, 0.29) is 12.2 Å². The van der Waals surface area contributed by atoms with Crippen LogP contribution >= 0.6 is 11.6 Å². The van der Waals surface area contributed by atoms with Crippen molar-refractivity contribution < 1.29 is 20.1 Å². The first-order valence-electron chi connectivity index (χ1n) is 4.58. The number of carboxylic acid groups (broad SMARTS) is 1. The second-order valence-corrected chi connectivity index (χ2v) is 4.22. The molecule has 0 unspecified atom stereocenters. The molecule has 1 rings (SSSR count). The maximum Gasteiger partial charge on any atom is 0.335 e. The van der Waals surface area contributed by atoms with Gasteiger partial charge in [-0.3, -0.25) is 0 Å². The van der Waals surface area contributed by atoms with Crippen LogP contribution in [0.5, 0.6) is 0 Å². The molecule has 0 amide bonds. The van der Waals surface area contributed by atoms with Crippen molar-refractivity contribution in [3.8, 4) is 0 Å². The second-order valence-electron chi connectivity index (χ2n) is 3.79. The molecule has 0 aliphatic rings. The summed E-state index contributed by atoms with van der Waals surface area (Å²) in [5, 5.41) is 25.6. The van der Waals surface area contributed by atoms with E-state index in [0.717, 1.165) is 0 Å². The van der Waals surface area contributed by atoms with Gasteiger partial charge < -0.3 is 15.3 Å². The van der Waals surface area contributed by atoms with E-state index in [1.165, 1.54) is 12.1 Å². The van der Waals surface area contributed by atoms with Gasteiger partial charge in [0.25, 0.3) is 0 Å². The predicted octanol–water partition coefficient (Wildman–Crippen LogP) is 1.79. The normalized spacial score (nSPS) is 10.3. The lowest BCUT2D eigenvalue weighted by Crippen LogP contribution is -2.23. The first-order chi connectivity index (χ1) is 7.26. The fourth-order valence-corrected chi connectivity index (χ4v) is 0.812. The zero-order valence-corrected chi connectivity index (χ0v) is 9.90. The van der Waals surface area contributed by atoms with Crippen LogP contribution in [0.1, 0.15) is 24.2 Å². The number of hydrogen-bond donors (Lipinski definition) is 3. The Morgan fingerprint density at radius 2 is 1.94 bits per heavy atom. The van der Waals surface area contributed by atoms with Crippen molar-refractivity contribution in [3.63, 3.8) is 0 Å². The summed E-state index contributed by atoms with van der Waals surface area (Å²) in [5.41, 5.74) is -0.687. The molecule has 90 valence electrons. The third kappa shape index (κ3) is 7.23. The van der Waals surface area contributed by atoms with Crippen molar-refractivity contribution in [2.24, 2.45) is 0 Å². The SMILES string of the molecule is CC(C)(O)CO.O=C(O)c1cccc(Cl)c1. The van der Waals surface area contributed by atoms with Crippen LogP contribution in [0, 0.1) is 0 Å². The number of carbonyl (C=O) groups is 1. The van der Waals surface area contributed by atoms with Crippen LogP contribution in [-0.4, -0.2) is 33.5 Å². The molecule has 16 heavy (non-hydrogen) atoms. The minimum absolute atomic E-state index is 0.174. The molecule has 0 saturated heterocycles. The second kappa shape index (κ2) is 6.48. The number of carboxylic acids is 1. The lowest BCUT2D eigenvalue weighted by Gasteiger charge is -2.10. The lowest BCUT2D eigenvalue weighted by molar-refractivity contribution is 0.0183. The van der Waals surface area contributed by atoms with Crippen molar-refractivity contribution in [1.82, 2.24) is 0 Å². The van der Waals surface area contributed by atoms with Crippen LogP contribution in [0.15, 0.2) is 24.3 Å². The first kappa shape index (κ1) is 14.9. The number of aliphatic hydroxyl groups is 2. The summed E-state index contributed by atoms with van der Waals surface area (Å²) in [6, 6.07) is 6.14. The van der Waals surface area contributed by atoms with Crippen molar-refractivity contribution in [3.05, 3.63) is 34.9 Å². The smallest absolute Gasteiger partial charge is 0.335 e. The van der Waals surface area contributed by atoms with Crippen LogP contribution in [-0.2, 0) is 0 Å². The third-order valence-electron chi connectivity index (χ3n) is 1.46. The van der Waals surface area contributed by atoms with Gasteiger partial charge in [0.2, 0.25) is 0 Å². The van der Waals surface area contributed by atoms with Crippen molar-refractivity contribution >= 4 is 17.6 Å². The van der Waals surface area contributed by atoms with Gasteiger partial charge in [0.15, 0.2) is 0 Å². The molecular weight excluding hydrogens is 232 g/mol. The molecular formula is C11H15ClO4. The molecule has 0 heterocycles. The van der Waals surface area contributed by atoms with E-state index in [1.54, 1.807) is 26.0 Å². The average Bonchev–Trinajstić information content (AvgIpc) is 2.17. The van der Waals surface area contributed by atoms with Gasteiger partial charge in [-0.1, -0.05) is 17.7 Å². The fourth-order valence-electron chi connectivity index (χ4n) is 0.622. The molecule has 5 heteroatoms. The molecule has 0 aromatic heterocycles. The van der Waals surface area contributed by atoms with E-state index < -0.39 is 11.6 Å². The van der Waals surface area contributed by atoms with Crippen molar-refractivity contribution in [1.29, 1.82) is 0 Å². The molecule has 0 fully saturated rings. The largest absolute Gasteiger partial charge is 0.478 e. The first-order valence-corrected chi connectivity index (χ1v) is 4.96. The molecule has 0 aliphatic carbocycles. The fraction of sp³-hybridized carbons (Fsp3) is 0.364. The Balaban J connectivity index is 0.000000325. The summed E-state index contributed by atoms with van der Waals surface area (Å²) in [7, 11) is 0. The molecule has 0 spiro atoms. The quantitative estimate of drug-likeness (QED) is 0.744. The minimum atomic E-state index is -0.956. The standard InChI is InChI=1S/C7H5ClO2.C4H10O2/c8-6-3-1-2-5(4-6)7(9)10;1-4(2,6)3-5/h1-4H,(H,9,10);5-6H,3H2,1-2H3. The summed E-state index contributed by atoms with van der Waals surface area (Å²) < 4.78 is 0. The van der Waals surface area contributed by atoms with E-state index >= 15 is 0 Å². The average molecular weight is 247 g/mol. The Kier molecular flexibility index (Phi) is 6.03. The molecule has 0 bridgehead atoms. The van der Waals surface area contributed by atoms with Gasteiger partial charge >= 0.3 is 5.97 Å². The number of hydrogen-bond acceptors (Lipinski definition) is 3. The highest BCUT2D eigenvalue weighted by Gasteiger charge is 2.07. The summed E-state index contributed by atoms with van der Waals surface area (Å²) in [5.74, 6) is -0.956.